The van der Waals surface area contributed by atoms with Gasteiger partial charge in [-0.2, -0.15) is 10.5 Å². The Kier molecular flexibility index (Phi) is 5.08. The molecule has 0 aliphatic heterocycles. The van der Waals surface area contributed by atoms with Gasteiger partial charge in [0.2, 0.25) is 0 Å². The highest BCUT2D eigenvalue weighted by Crippen LogP contribution is 2.16. The van der Waals surface area contributed by atoms with Crippen molar-refractivity contribution in [2.75, 3.05) is 13.1 Å². The van der Waals surface area contributed by atoms with Crippen LogP contribution in [0.5, 0.6) is 0 Å². The summed E-state index contributed by atoms with van der Waals surface area (Å²) in [6, 6.07) is 10.1. The lowest BCUT2D eigenvalue weighted by Gasteiger charge is -2.20. The second kappa shape index (κ2) is 6.77. The molecule has 0 spiro atoms. The first-order chi connectivity index (χ1) is 9.49. The van der Waals surface area contributed by atoms with E-state index < -0.39 is 5.97 Å². The molecule has 0 radical (unpaired) electrons. The number of hydrogen-bond acceptors (Lipinski definition) is 4. The van der Waals surface area contributed by atoms with Gasteiger partial charge in [0.05, 0.1) is 11.6 Å². The van der Waals surface area contributed by atoms with Crippen LogP contribution in [0.4, 0.5) is 0 Å². The van der Waals surface area contributed by atoms with Gasteiger partial charge in [-0.15, -0.1) is 0 Å². The summed E-state index contributed by atoms with van der Waals surface area (Å²) in [4.78, 5) is 12.3. The SMILES string of the molecule is C=C(CN(CC#N)C(=C)C#N)c1ccc(C(=O)O)cc1. The molecule has 5 nitrogen and oxygen atoms in total. The molecule has 0 unspecified atom stereocenters. The van der Waals surface area contributed by atoms with Crippen LogP contribution in [0.25, 0.3) is 5.57 Å². The largest absolute Gasteiger partial charge is 0.478 e. The zero-order chi connectivity index (χ0) is 15.1. The number of allylic oxidation sites excluding steroid dienone is 1. The molecule has 0 heterocycles. The fourth-order valence-corrected chi connectivity index (χ4v) is 1.57. The summed E-state index contributed by atoms with van der Waals surface area (Å²) in [5.74, 6) is -0.994. The van der Waals surface area contributed by atoms with Crippen molar-refractivity contribution in [3.63, 3.8) is 0 Å². The van der Waals surface area contributed by atoms with Crippen LogP contribution >= 0.6 is 0 Å². The number of carbonyl (C=O) groups is 1. The van der Waals surface area contributed by atoms with Crippen LogP contribution in [0.15, 0.2) is 43.1 Å². The van der Waals surface area contributed by atoms with E-state index in [1.165, 1.54) is 17.0 Å². The average molecular weight is 267 g/mol. The number of carboxylic acid groups (broad SMARTS) is 1. The maximum Gasteiger partial charge on any atom is 0.335 e. The number of carboxylic acids is 1. The molecule has 5 heteroatoms. The first-order valence-corrected chi connectivity index (χ1v) is 5.72. The summed E-state index contributed by atoms with van der Waals surface area (Å²) in [5, 5.41) is 26.4. The molecular formula is C15H13N3O2. The Bertz CT molecular complexity index is 618. The van der Waals surface area contributed by atoms with Crippen molar-refractivity contribution in [1.29, 1.82) is 10.5 Å². The number of nitrogens with zero attached hydrogens (tertiary/aromatic N) is 3. The van der Waals surface area contributed by atoms with E-state index in [0.29, 0.717) is 5.57 Å². The van der Waals surface area contributed by atoms with Crippen LogP contribution in [0.2, 0.25) is 0 Å². The lowest BCUT2D eigenvalue weighted by atomic mass is 10.0. The Labute approximate surface area is 117 Å². The number of hydrogen-bond donors (Lipinski definition) is 1. The number of benzene rings is 1. The predicted molar refractivity (Wildman–Crippen MR) is 74.4 cm³/mol. The van der Waals surface area contributed by atoms with Gasteiger partial charge >= 0.3 is 5.97 Å². The van der Waals surface area contributed by atoms with Crippen LogP contribution in [0, 0.1) is 22.7 Å². The quantitative estimate of drug-likeness (QED) is 0.631. The maximum atomic E-state index is 10.8. The molecule has 1 N–H and O–H groups in total. The van der Waals surface area contributed by atoms with Crippen LogP contribution in [-0.4, -0.2) is 29.1 Å². The third kappa shape index (κ3) is 3.72. The summed E-state index contributed by atoms with van der Waals surface area (Å²) in [6.45, 7) is 7.78. The highest BCUT2D eigenvalue weighted by molar-refractivity contribution is 5.88. The third-order valence-electron chi connectivity index (χ3n) is 2.69. The van der Waals surface area contributed by atoms with Gasteiger partial charge in [0.15, 0.2) is 0 Å². The molecule has 0 bridgehead atoms. The fraction of sp³-hybridized carbons (Fsp3) is 0.133. The molecule has 0 atom stereocenters. The van der Waals surface area contributed by atoms with Gasteiger partial charge in [-0.25, -0.2) is 4.79 Å². The Morgan fingerprint density at radius 1 is 1.20 bits per heavy atom. The van der Waals surface area contributed by atoms with Crippen molar-refractivity contribution in [3.8, 4) is 12.1 Å². The van der Waals surface area contributed by atoms with E-state index in [4.69, 9.17) is 15.6 Å². The minimum Gasteiger partial charge on any atom is -0.478 e. The molecule has 0 saturated heterocycles. The smallest absolute Gasteiger partial charge is 0.335 e. The van der Waals surface area contributed by atoms with Crippen molar-refractivity contribution in [1.82, 2.24) is 4.90 Å². The van der Waals surface area contributed by atoms with Gasteiger partial charge in [0.25, 0.3) is 0 Å². The highest BCUT2D eigenvalue weighted by atomic mass is 16.4. The van der Waals surface area contributed by atoms with E-state index in [1.807, 2.05) is 12.1 Å². The normalized spacial score (nSPS) is 9.10. The van der Waals surface area contributed by atoms with Crippen molar-refractivity contribution in [3.05, 3.63) is 54.2 Å². The van der Waals surface area contributed by atoms with Crippen molar-refractivity contribution < 1.29 is 9.90 Å². The van der Waals surface area contributed by atoms with Gasteiger partial charge in [-0.3, -0.25) is 0 Å². The topological polar surface area (TPSA) is 88.1 Å². The molecule has 0 aliphatic rings. The zero-order valence-corrected chi connectivity index (χ0v) is 10.8. The summed E-state index contributed by atoms with van der Waals surface area (Å²) < 4.78 is 0. The molecule has 20 heavy (non-hydrogen) atoms. The van der Waals surface area contributed by atoms with E-state index in [9.17, 15) is 4.79 Å². The summed E-state index contributed by atoms with van der Waals surface area (Å²) in [5.41, 5.74) is 1.81. The Balaban J connectivity index is 2.84. The summed E-state index contributed by atoms with van der Waals surface area (Å²) >= 11 is 0. The maximum absolute atomic E-state index is 10.8. The first kappa shape index (κ1) is 15.0. The fourth-order valence-electron chi connectivity index (χ4n) is 1.57. The second-order valence-corrected chi connectivity index (χ2v) is 4.06. The van der Waals surface area contributed by atoms with Crippen LogP contribution in [0.1, 0.15) is 15.9 Å². The van der Waals surface area contributed by atoms with E-state index >= 15 is 0 Å². The van der Waals surface area contributed by atoms with E-state index in [-0.39, 0.29) is 24.4 Å². The van der Waals surface area contributed by atoms with Gasteiger partial charge in [-0.1, -0.05) is 25.3 Å². The van der Waals surface area contributed by atoms with E-state index in [2.05, 4.69) is 13.2 Å². The molecule has 0 amide bonds. The number of nitriles is 2. The Morgan fingerprint density at radius 3 is 2.20 bits per heavy atom. The summed E-state index contributed by atoms with van der Waals surface area (Å²) in [7, 11) is 0. The predicted octanol–water partition coefficient (Wildman–Crippen LogP) is 2.26. The third-order valence-corrected chi connectivity index (χ3v) is 2.69. The van der Waals surface area contributed by atoms with E-state index in [0.717, 1.165) is 5.56 Å². The molecule has 0 fully saturated rings. The molecule has 100 valence electrons. The highest BCUT2D eigenvalue weighted by Gasteiger charge is 2.10. The van der Waals surface area contributed by atoms with Gasteiger partial charge in [0.1, 0.15) is 18.3 Å². The van der Waals surface area contributed by atoms with Gasteiger partial charge < -0.3 is 10.0 Å². The zero-order valence-electron chi connectivity index (χ0n) is 10.8. The summed E-state index contributed by atoms with van der Waals surface area (Å²) in [6.07, 6.45) is 0. The number of rotatable bonds is 6. The minimum atomic E-state index is -0.994. The van der Waals surface area contributed by atoms with Crippen LogP contribution in [-0.2, 0) is 0 Å². The lowest BCUT2D eigenvalue weighted by Crippen LogP contribution is -2.24. The minimum absolute atomic E-state index is 0.0403. The van der Waals surface area contributed by atoms with Gasteiger partial charge in [0, 0.05) is 6.54 Å². The van der Waals surface area contributed by atoms with Crippen molar-refractivity contribution in [2.45, 2.75) is 0 Å². The van der Waals surface area contributed by atoms with Crippen LogP contribution < -0.4 is 0 Å². The lowest BCUT2D eigenvalue weighted by molar-refractivity contribution is 0.0697. The molecule has 1 rings (SSSR count). The molecule has 0 saturated carbocycles. The Morgan fingerprint density at radius 2 is 1.75 bits per heavy atom. The number of aromatic carboxylic acids is 1. The molecule has 0 aliphatic carbocycles. The van der Waals surface area contributed by atoms with Crippen molar-refractivity contribution >= 4 is 11.5 Å². The molecule has 0 aromatic heterocycles. The average Bonchev–Trinajstić information content (AvgIpc) is 2.45. The van der Waals surface area contributed by atoms with Crippen molar-refractivity contribution in [2.24, 2.45) is 0 Å². The first-order valence-electron chi connectivity index (χ1n) is 5.72. The van der Waals surface area contributed by atoms with Gasteiger partial charge in [-0.05, 0) is 23.3 Å². The molecular weight excluding hydrogens is 254 g/mol. The Hall–Kier alpha value is -3.05. The van der Waals surface area contributed by atoms with E-state index in [1.54, 1.807) is 12.1 Å². The monoisotopic (exact) mass is 267 g/mol. The second-order valence-electron chi connectivity index (χ2n) is 4.06. The standard InChI is InChI=1S/C15H13N3O2/c1-11(10-18(8-7-16)12(2)9-17)13-3-5-14(6-4-13)15(19)20/h3-6H,1-2,8,10H2,(H,19,20). The molecule has 1 aromatic rings. The van der Waals surface area contributed by atoms with Crippen LogP contribution in [0.3, 0.4) is 0 Å². The molecule has 1 aromatic carbocycles.